The van der Waals surface area contributed by atoms with Gasteiger partial charge < -0.3 is 34.8 Å². The second-order valence-corrected chi connectivity index (χ2v) is 14.2. The number of piperidine rings is 1. The first-order valence-corrected chi connectivity index (χ1v) is 17.1. The third-order valence-electron chi connectivity index (χ3n) is 11.7. The molecule has 1 spiro atoms. The van der Waals surface area contributed by atoms with Gasteiger partial charge in [0.2, 0.25) is 5.43 Å². The Hall–Kier alpha value is -4.00. The predicted octanol–water partition coefficient (Wildman–Crippen LogP) is 2.79. The lowest BCUT2D eigenvalue weighted by molar-refractivity contribution is -0.188. The van der Waals surface area contributed by atoms with Crippen molar-refractivity contribution in [1.29, 1.82) is 0 Å². The lowest BCUT2D eigenvalue weighted by atomic mass is 9.49. The summed E-state index contributed by atoms with van der Waals surface area (Å²) in [7, 11) is 0. The Kier molecular flexibility index (Phi) is 7.35. The summed E-state index contributed by atoms with van der Waals surface area (Å²) in [6.45, 7) is 7.21. The van der Waals surface area contributed by atoms with Crippen LogP contribution in [0.4, 0.5) is 10.1 Å². The standard InChI is InChI=1S/C20H23NO4.C16H18FN3O3/c22-13-4-3-12-9-15-20(24)6-5-14(23)18-19(20,16(12)17(13)25-18)7-8-21(15)10-11-1-2-11;1-2-19-9-11(16(22)23)15(21)10-7-12(17)14(8-13(10)19)20-5-3-18-4-6-20/h3-4,11,15,18,22,24H,1-2,5-10H2;7-9,18H,2-6H2,1H3,(H,22,23)/t15-,18+,19+,20-;/m1./s1. The number of aliphatic hydroxyl groups is 1. The van der Waals surface area contributed by atoms with E-state index in [2.05, 4.69) is 10.2 Å². The maximum atomic E-state index is 14.5. The van der Waals surface area contributed by atoms with E-state index in [9.17, 15) is 29.0 Å². The molecule has 2 saturated heterocycles. The van der Waals surface area contributed by atoms with Crippen LogP contribution < -0.4 is 20.4 Å². The lowest BCUT2D eigenvalue weighted by Crippen LogP contribution is -2.76. The van der Waals surface area contributed by atoms with Crippen molar-refractivity contribution in [1.82, 2.24) is 14.8 Å². The van der Waals surface area contributed by atoms with Crippen LogP contribution in [-0.4, -0.2) is 93.6 Å². The molecule has 6 aliphatic rings. The Balaban J connectivity index is 0.000000141. The molecule has 2 bridgehead atoms. The van der Waals surface area contributed by atoms with Crippen molar-refractivity contribution in [2.75, 3.05) is 44.2 Å². The van der Waals surface area contributed by atoms with E-state index < -0.39 is 34.3 Å². The third-order valence-corrected chi connectivity index (χ3v) is 11.7. The SMILES string of the molecule is CCn1cc(C(=O)O)c(=O)c2cc(F)c(N3CCNCC3)cc21.O=C1CC[C@@]2(O)[C@H]3Cc4ccc(O)c5c4[C@@]2(CCN3CC2CC2)[C@H]1O5. The highest BCUT2D eigenvalue weighted by Crippen LogP contribution is 2.64. The number of nitrogens with zero attached hydrogens (tertiary/aromatic N) is 3. The number of carbonyl (C=O) groups is 2. The van der Waals surface area contributed by atoms with E-state index in [-0.39, 0.29) is 28.5 Å². The Labute approximate surface area is 276 Å². The number of hydrogen-bond donors (Lipinski definition) is 4. The molecule has 11 nitrogen and oxygen atoms in total. The summed E-state index contributed by atoms with van der Waals surface area (Å²) in [5.41, 5.74) is 0.465. The molecule has 0 amide bonds. The number of Topliss-reactive ketones (excluding diaryl/α,β-unsaturated/α-hetero) is 1. The van der Waals surface area contributed by atoms with Gasteiger partial charge >= 0.3 is 5.97 Å². The number of likely N-dealkylation sites (tertiary alicyclic amines) is 1. The van der Waals surface area contributed by atoms with Crippen molar-refractivity contribution >= 4 is 28.3 Å². The number of aryl methyl sites for hydroxylation is 1. The van der Waals surface area contributed by atoms with Crippen molar-refractivity contribution < 1.29 is 34.0 Å². The number of rotatable bonds is 5. The maximum absolute atomic E-state index is 14.5. The zero-order chi connectivity index (χ0) is 33.5. The zero-order valence-electron chi connectivity index (χ0n) is 27.0. The van der Waals surface area contributed by atoms with Gasteiger partial charge in [0.15, 0.2) is 23.4 Å². The van der Waals surface area contributed by atoms with Gasteiger partial charge in [-0.1, -0.05) is 6.07 Å². The van der Waals surface area contributed by atoms with Crippen molar-refractivity contribution in [3.8, 4) is 11.5 Å². The third kappa shape index (κ3) is 4.52. The molecule has 9 rings (SSSR count). The van der Waals surface area contributed by atoms with Crippen LogP contribution >= 0.6 is 0 Å². The molecule has 3 aliphatic carbocycles. The number of piperazine rings is 1. The van der Waals surface area contributed by atoms with Crippen LogP contribution in [0.15, 0.2) is 35.3 Å². The number of carboxylic acid groups (broad SMARTS) is 1. The minimum Gasteiger partial charge on any atom is -0.504 e. The maximum Gasteiger partial charge on any atom is 0.341 e. The Bertz CT molecular complexity index is 1900. The number of hydrogen-bond acceptors (Lipinski definition) is 9. The molecule has 12 heteroatoms. The molecule has 4 fully saturated rings. The molecule has 254 valence electrons. The van der Waals surface area contributed by atoms with Crippen LogP contribution in [-0.2, 0) is 23.2 Å². The van der Waals surface area contributed by atoms with Gasteiger partial charge in [-0.15, -0.1) is 0 Å². The Morgan fingerprint density at radius 2 is 1.90 bits per heavy atom. The number of phenols is 1. The van der Waals surface area contributed by atoms with E-state index in [1.807, 2.05) is 17.9 Å². The van der Waals surface area contributed by atoms with Crippen LogP contribution in [0, 0.1) is 11.7 Å². The number of carboxylic acids is 1. The Morgan fingerprint density at radius 3 is 2.60 bits per heavy atom. The van der Waals surface area contributed by atoms with Gasteiger partial charge in [-0.3, -0.25) is 14.5 Å². The zero-order valence-corrected chi connectivity index (χ0v) is 27.0. The van der Waals surface area contributed by atoms with Crippen LogP contribution in [0.3, 0.4) is 0 Å². The molecule has 4 atom stereocenters. The van der Waals surface area contributed by atoms with Crippen LogP contribution in [0.1, 0.15) is 60.5 Å². The van der Waals surface area contributed by atoms with Gasteiger partial charge in [0.25, 0.3) is 0 Å². The van der Waals surface area contributed by atoms with E-state index in [4.69, 9.17) is 9.84 Å². The monoisotopic (exact) mass is 660 g/mol. The van der Waals surface area contributed by atoms with Crippen LogP contribution in [0.2, 0.25) is 0 Å². The molecule has 48 heavy (non-hydrogen) atoms. The van der Waals surface area contributed by atoms with E-state index >= 15 is 0 Å². The summed E-state index contributed by atoms with van der Waals surface area (Å²) in [4.78, 5) is 40.6. The van der Waals surface area contributed by atoms with Gasteiger partial charge in [0.05, 0.1) is 22.2 Å². The molecular formula is C36H41FN4O7. The summed E-state index contributed by atoms with van der Waals surface area (Å²) in [6.07, 6.45) is 5.65. The first kappa shape index (κ1) is 31.3. The molecule has 0 unspecified atom stereocenters. The van der Waals surface area contributed by atoms with Crippen molar-refractivity contribution in [3.63, 3.8) is 0 Å². The first-order valence-electron chi connectivity index (χ1n) is 17.1. The minimum atomic E-state index is -1.30. The number of aromatic hydroxyl groups is 1. The van der Waals surface area contributed by atoms with Crippen molar-refractivity contribution in [3.05, 3.63) is 63.2 Å². The fourth-order valence-electron chi connectivity index (χ4n) is 9.23. The van der Waals surface area contributed by atoms with E-state index in [1.54, 1.807) is 16.7 Å². The van der Waals surface area contributed by atoms with Crippen molar-refractivity contribution in [2.24, 2.45) is 5.92 Å². The minimum absolute atomic E-state index is 0.0454. The number of ether oxygens (including phenoxy) is 1. The van der Waals surface area contributed by atoms with E-state index in [0.717, 1.165) is 62.1 Å². The first-order chi connectivity index (χ1) is 23.1. The highest BCUT2D eigenvalue weighted by atomic mass is 19.1. The Morgan fingerprint density at radius 1 is 1.12 bits per heavy atom. The number of aromatic carboxylic acids is 1. The highest BCUT2D eigenvalue weighted by molar-refractivity contribution is 5.93. The fourth-order valence-corrected chi connectivity index (χ4v) is 9.23. The summed E-state index contributed by atoms with van der Waals surface area (Å²) >= 11 is 0. The highest BCUT2D eigenvalue weighted by Gasteiger charge is 2.73. The number of fused-ring (bicyclic) bond motifs is 1. The molecule has 4 heterocycles. The summed E-state index contributed by atoms with van der Waals surface area (Å²) in [5.74, 6) is -0.410. The number of aromatic nitrogens is 1. The number of benzene rings is 2. The second kappa shape index (κ2) is 11.3. The van der Waals surface area contributed by atoms with Gasteiger partial charge in [-0.05, 0) is 75.3 Å². The lowest BCUT2D eigenvalue weighted by Gasteiger charge is -2.62. The number of pyridine rings is 1. The normalized spacial score (nSPS) is 28.8. The molecule has 3 aliphatic heterocycles. The molecule has 2 aromatic carbocycles. The number of ketones is 1. The molecule has 1 aromatic heterocycles. The second-order valence-electron chi connectivity index (χ2n) is 14.2. The van der Waals surface area contributed by atoms with E-state index in [1.165, 1.54) is 19.0 Å². The molecule has 3 aromatic rings. The number of carbonyl (C=O) groups excluding carboxylic acids is 1. The van der Waals surface area contributed by atoms with Gasteiger partial charge in [0.1, 0.15) is 11.4 Å². The molecule has 0 radical (unpaired) electrons. The number of halogens is 1. The summed E-state index contributed by atoms with van der Waals surface area (Å²) in [6, 6.07) is 6.50. The average molecular weight is 661 g/mol. The van der Waals surface area contributed by atoms with Crippen LogP contribution in [0.25, 0.3) is 10.9 Å². The number of nitrogens with one attached hydrogen (secondary N) is 1. The molecule has 4 N–H and O–H groups in total. The fraction of sp³-hybridized carbons (Fsp3) is 0.528. The number of phenolic OH excluding ortho intramolecular Hbond substituents is 1. The van der Waals surface area contributed by atoms with Gasteiger partial charge in [0, 0.05) is 68.9 Å². The summed E-state index contributed by atoms with van der Waals surface area (Å²) < 4.78 is 22.2. The van der Waals surface area contributed by atoms with Gasteiger partial charge in [-0.2, -0.15) is 0 Å². The smallest absolute Gasteiger partial charge is 0.341 e. The van der Waals surface area contributed by atoms with Crippen LogP contribution in [0.5, 0.6) is 11.5 Å². The predicted molar refractivity (Wildman–Crippen MR) is 176 cm³/mol. The largest absolute Gasteiger partial charge is 0.504 e. The van der Waals surface area contributed by atoms with Crippen molar-refractivity contribution in [2.45, 2.75) is 75.2 Å². The number of anilines is 1. The van der Waals surface area contributed by atoms with E-state index in [0.29, 0.717) is 49.4 Å². The summed E-state index contributed by atoms with van der Waals surface area (Å²) in [5, 5.41) is 34.8. The molecular weight excluding hydrogens is 619 g/mol. The topological polar surface area (TPSA) is 145 Å². The molecule has 2 saturated carbocycles. The quantitative estimate of drug-likeness (QED) is 0.323. The average Bonchev–Trinajstić information content (AvgIpc) is 3.82. The van der Waals surface area contributed by atoms with Gasteiger partial charge in [-0.25, -0.2) is 9.18 Å².